The minimum Gasteiger partial charge on any atom is -0.250 e. The third-order valence-electron chi connectivity index (χ3n) is 1.55. The molecule has 80 valence electrons. The van der Waals surface area contributed by atoms with Gasteiger partial charge in [-0.2, -0.15) is 18.4 Å². The van der Waals surface area contributed by atoms with Gasteiger partial charge in [-0.05, 0) is 6.07 Å². The maximum Gasteiger partial charge on any atom is 0.434 e. The quantitative estimate of drug-likeness (QED) is 0.685. The van der Waals surface area contributed by atoms with Crippen LogP contribution in [-0.4, -0.2) is 4.98 Å². The number of rotatable bonds is 1. The zero-order chi connectivity index (χ0) is 11.6. The van der Waals surface area contributed by atoms with Crippen molar-refractivity contribution in [2.45, 2.75) is 12.6 Å². The molecule has 0 aliphatic carbocycles. The molecule has 0 N–H and O–H groups in total. The minimum absolute atomic E-state index is 0.411. The van der Waals surface area contributed by atoms with E-state index in [0.29, 0.717) is 12.3 Å². The Hall–Kier alpha value is -1.71. The van der Waals surface area contributed by atoms with Crippen LogP contribution in [0, 0.1) is 11.3 Å². The van der Waals surface area contributed by atoms with Crippen LogP contribution < -0.4 is 0 Å². The van der Waals surface area contributed by atoms with Gasteiger partial charge < -0.3 is 0 Å². The highest BCUT2D eigenvalue weighted by Gasteiger charge is 2.36. The van der Waals surface area contributed by atoms with E-state index in [4.69, 9.17) is 5.26 Å². The summed E-state index contributed by atoms with van der Waals surface area (Å²) in [6, 6.07) is 1.67. The number of hydrogen-bond acceptors (Lipinski definition) is 2. The molecule has 0 aromatic carbocycles. The van der Waals surface area contributed by atoms with Crippen molar-refractivity contribution in [2.75, 3.05) is 0 Å². The molecule has 1 heterocycles. The van der Waals surface area contributed by atoms with Crippen LogP contribution in [0.1, 0.15) is 23.2 Å². The van der Waals surface area contributed by atoms with Crippen LogP contribution in [0.2, 0.25) is 0 Å². The van der Waals surface area contributed by atoms with E-state index >= 15 is 0 Å². The smallest absolute Gasteiger partial charge is 0.250 e. The molecule has 0 aliphatic heterocycles. The highest BCUT2D eigenvalue weighted by atomic mass is 19.4. The van der Waals surface area contributed by atoms with Crippen LogP contribution in [0.15, 0.2) is 12.3 Å². The molecule has 0 radical (unpaired) electrons. The molecule has 0 unspecified atom stereocenters. The average Bonchev–Trinajstić information content (AvgIpc) is 2.15. The number of nitrogens with zero attached hydrogens (tertiary/aromatic N) is 2. The van der Waals surface area contributed by atoms with Gasteiger partial charge in [0.1, 0.15) is 6.07 Å². The Kier molecular flexibility index (Phi) is 2.88. The van der Waals surface area contributed by atoms with Crippen LogP contribution in [-0.2, 0) is 6.18 Å². The number of hydrogen-bond donors (Lipinski definition) is 0. The van der Waals surface area contributed by atoms with Gasteiger partial charge in [0, 0.05) is 11.8 Å². The Bertz CT molecular complexity index is 404. The molecule has 0 saturated carbocycles. The molecule has 1 rings (SSSR count). The highest BCUT2D eigenvalue weighted by molar-refractivity contribution is 5.37. The first kappa shape index (κ1) is 11.4. The topological polar surface area (TPSA) is 36.7 Å². The van der Waals surface area contributed by atoms with Crippen molar-refractivity contribution >= 4 is 0 Å². The van der Waals surface area contributed by atoms with Gasteiger partial charge in [0.15, 0.2) is 5.69 Å². The van der Waals surface area contributed by atoms with E-state index in [1.807, 2.05) is 0 Å². The minimum atomic E-state index is -4.81. The van der Waals surface area contributed by atoms with Gasteiger partial charge >= 0.3 is 6.18 Å². The first-order valence-electron chi connectivity index (χ1n) is 3.61. The third-order valence-corrected chi connectivity index (χ3v) is 1.55. The Morgan fingerprint density at radius 1 is 1.33 bits per heavy atom. The molecule has 0 atom stereocenters. The molecule has 0 bridgehead atoms. The summed E-state index contributed by atoms with van der Waals surface area (Å²) in [5.74, 6) is 0. The van der Waals surface area contributed by atoms with Gasteiger partial charge in [0.2, 0.25) is 0 Å². The van der Waals surface area contributed by atoms with Crippen molar-refractivity contribution in [1.82, 2.24) is 4.98 Å². The second-order valence-corrected chi connectivity index (χ2v) is 2.58. The van der Waals surface area contributed by atoms with Crippen molar-refractivity contribution in [1.29, 1.82) is 5.26 Å². The van der Waals surface area contributed by atoms with Crippen molar-refractivity contribution in [2.24, 2.45) is 0 Å². The maximum atomic E-state index is 12.2. The lowest BCUT2D eigenvalue weighted by molar-refractivity contribution is -0.141. The predicted octanol–water partition coefficient (Wildman–Crippen LogP) is 2.91. The van der Waals surface area contributed by atoms with Gasteiger partial charge in [-0.25, -0.2) is 13.8 Å². The molecule has 0 spiro atoms. The van der Waals surface area contributed by atoms with Crippen LogP contribution >= 0.6 is 0 Å². The van der Waals surface area contributed by atoms with Crippen LogP contribution in [0.25, 0.3) is 0 Å². The lowest BCUT2D eigenvalue weighted by Gasteiger charge is -2.08. The summed E-state index contributed by atoms with van der Waals surface area (Å²) >= 11 is 0. The molecular weight excluding hydrogens is 219 g/mol. The van der Waals surface area contributed by atoms with Crippen LogP contribution in [0.3, 0.4) is 0 Å². The zero-order valence-corrected chi connectivity index (χ0v) is 7.02. The SMILES string of the molecule is N#Cc1cc(C(F)F)cnc1C(F)(F)F. The summed E-state index contributed by atoms with van der Waals surface area (Å²) in [5, 5.41) is 8.35. The zero-order valence-electron chi connectivity index (χ0n) is 7.02. The lowest BCUT2D eigenvalue weighted by Crippen LogP contribution is -2.11. The predicted molar refractivity (Wildman–Crippen MR) is 38.9 cm³/mol. The summed E-state index contributed by atoms with van der Waals surface area (Å²) in [6.07, 6.45) is -7.35. The Labute approximate surface area is 81.0 Å². The summed E-state index contributed by atoms with van der Waals surface area (Å²) in [6.45, 7) is 0. The third kappa shape index (κ3) is 2.40. The summed E-state index contributed by atoms with van der Waals surface area (Å²) in [7, 11) is 0. The standard InChI is InChI=1S/C8H3F5N2/c9-7(10)5-1-4(2-14)6(15-3-5)8(11,12)13/h1,3,7H. The van der Waals surface area contributed by atoms with Gasteiger partial charge in [-0.15, -0.1) is 0 Å². The summed E-state index contributed by atoms with van der Waals surface area (Å²) in [5.41, 5.74) is -3.06. The first-order chi connectivity index (χ1) is 6.86. The highest BCUT2D eigenvalue weighted by Crippen LogP contribution is 2.31. The second-order valence-electron chi connectivity index (χ2n) is 2.58. The van der Waals surface area contributed by atoms with Crippen molar-refractivity contribution in [3.05, 3.63) is 29.1 Å². The molecule has 0 fully saturated rings. The van der Waals surface area contributed by atoms with Crippen molar-refractivity contribution < 1.29 is 22.0 Å². The Morgan fingerprint density at radius 3 is 2.33 bits per heavy atom. The van der Waals surface area contributed by atoms with Gasteiger partial charge in [-0.3, -0.25) is 0 Å². The van der Waals surface area contributed by atoms with E-state index in [-0.39, 0.29) is 0 Å². The Balaban J connectivity index is 3.29. The monoisotopic (exact) mass is 222 g/mol. The fourth-order valence-electron chi connectivity index (χ4n) is 0.911. The molecule has 15 heavy (non-hydrogen) atoms. The number of aromatic nitrogens is 1. The van der Waals surface area contributed by atoms with Crippen LogP contribution in [0.4, 0.5) is 22.0 Å². The molecule has 1 aromatic heterocycles. The normalized spacial score (nSPS) is 11.5. The van der Waals surface area contributed by atoms with Gasteiger partial charge in [0.05, 0.1) is 5.56 Å². The number of pyridine rings is 1. The van der Waals surface area contributed by atoms with E-state index in [2.05, 4.69) is 4.98 Å². The largest absolute Gasteiger partial charge is 0.434 e. The van der Waals surface area contributed by atoms with E-state index in [1.54, 1.807) is 0 Å². The number of nitriles is 1. The molecule has 0 aliphatic rings. The summed E-state index contributed by atoms with van der Waals surface area (Å²) in [4.78, 5) is 2.81. The first-order valence-corrected chi connectivity index (χ1v) is 3.61. The average molecular weight is 222 g/mol. The van der Waals surface area contributed by atoms with E-state index in [9.17, 15) is 22.0 Å². The molecule has 0 saturated heterocycles. The van der Waals surface area contributed by atoms with Gasteiger partial charge in [-0.1, -0.05) is 0 Å². The van der Waals surface area contributed by atoms with Crippen molar-refractivity contribution in [3.8, 4) is 6.07 Å². The molecule has 1 aromatic rings. The van der Waals surface area contributed by atoms with E-state index in [0.717, 1.165) is 0 Å². The molecule has 0 amide bonds. The fourth-order valence-corrected chi connectivity index (χ4v) is 0.911. The fraction of sp³-hybridized carbons (Fsp3) is 0.250. The Morgan fingerprint density at radius 2 is 1.93 bits per heavy atom. The summed E-state index contributed by atoms with van der Waals surface area (Å²) < 4.78 is 60.7. The molecular formula is C8H3F5N2. The number of alkyl halides is 5. The van der Waals surface area contributed by atoms with E-state index in [1.165, 1.54) is 6.07 Å². The molecule has 2 nitrogen and oxygen atoms in total. The lowest BCUT2D eigenvalue weighted by atomic mass is 10.1. The van der Waals surface area contributed by atoms with Crippen LogP contribution in [0.5, 0.6) is 0 Å². The molecule has 7 heteroatoms. The maximum absolute atomic E-state index is 12.2. The second kappa shape index (κ2) is 3.81. The van der Waals surface area contributed by atoms with Crippen molar-refractivity contribution in [3.63, 3.8) is 0 Å². The van der Waals surface area contributed by atoms with Gasteiger partial charge in [0.25, 0.3) is 6.43 Å². The number of halogens is 5. The van der Waals surface area contributed by atoms with E-state index < -0.39 is 29.4 Å².